The van der Waals surface area contributed by atoms with Crippen LogP contribution < -0.4 is 10.6 Å². The molecule has 0 atom stereocenters. The third-order valence-corrected chi connectivity index (χ3v) is 7.05. The fourth-order valence-corrected chi connectivity index (χ4v) is 5.04. The first kappa shape index (κ1) is 23.8. The molecule has 7 heteroatoms. The zero-order chi connectivity index (χ0) is 24.3. The Bertz CT molecular complexity index is 1040. The molecule has 0 bridgehead atoms. The van der Waals surface area contributed by atoms with E-state index in [2.05, 4.69) is 22.8 Å². The summed E-state index contributed by atoms with van der Waals surface area (Å²) >= 11 is 0. The summed E-state index contributed by atoms with van der Waals surface area (Å²) < 4.78 is 5.56. The third kappa shape index (κ3) is 4.65. The van der Waals surface area contributed by atoms with Crippen molar-refractivity contribution in [2.24, 2.45) is 0 Å². The molecular formula is C27H32N2O5. The minimum atomic E-state index is -1.34. The van der Waals surface area contributed by atoms with Gasteiger partial charge in [0, 0.05) is 5.92 Å². The highest BCUT2D eigenvalue weighted by molar-refractivity contribution is 5.93. The first-order valence-electron chi connectivity index (χ1n) is 11.9. The first-order chi connectivity index (χ1) is 16.2. The summed E-state index contributed by atoms with van der Waals surface area (Å²) in [6.45, 7) is 3.24. The third-order valence-electron chi connectivity index (χ3n) is 7.05. The van der Waals surface area contributed by atoms with Gasteiger partial charge in [-0.3, -0.25) is 4.79 Å². The number of alkyl carbamates (subject to hydrolysis) is 1. The first-order valence-corrected chi connectivity index (χ1v) is 11.9. The van der Waals surface area contributed by atoms with E-state index < -0.39 is 29.0 Å². The lowest BCUT2D eigenvalue weighted by Gasteiger charge is -2.34. The highest BCUT2D eigenvalue weighted by Gasteiger charge is 2.43. The van der Waals surface area contributed by atoms with Crippen LogP contribution in [0.2, 0.25) is 0 Å². The van der Waals surface area contributed by atoms with Crippen LogP contribution in [0.15, 0.2) is 48.5 Å². The molecule has 2 amide bonds. The lowest BCUT2D eigenvalue weighted by molar-refractivity contribution is -0.149. The molecule has 0 radical (unpaired) electrons. The summed E-state index contributed by atoms with van der Waals surface area (Å²) in [7, 11) is 0. The number of rotatable bonds is 6. The monoisotopic (exact) mass is 464 g/mol. The summed E-state index contributed by atoms with van der Waals surface area (Å²) in [6.07, 6.45) is 3.44. The van der Waals surface area contributed by atoms with Gasteiger partial charge >= 0.3 is 12.1 Å². The molecular weight excluding hydrogens is 432 g/mol. The molecule has 0 saturated heterocycles. The standard InChI is InChI=1S/C27H32N2O5/c1-26(2,23(30)28-27(24(31)32)15-9-3-4-10-16-27)29-25(33)34-17-22-20-13-7-5-11-18(20)19-12-6-8-14-21(19)22/h5-8,11-14,22H,3-4,9-10,15-17H2,1-2H3,(H,28,30)(H,29,33)(H,31,32). The van der Waals surface area contributed by atoms with Gasteiger partial charge in [0.2, 0.25) is 5.91 Å². The van der Waals surface area contributed by atoms with Crippen LogP contribution in [0, 0.1) is 0 Å². The number of carboxylic acid groups (broad SMARTS) is 1. The van der Waals surface area contributed by atoms with Gasteiger partial charge in [0.05, 0.1) is 0 Å². The summed E-state index contributed by atoms with van der Waals surface area (Å²) in [5.74, 6) is -1.65. The second-order valence-electron chi connectivity index (χ2n) is 9.83. The molecule has 2 aliphatic rings. The molecule has 0 spiro atoms. The summed E-state index contributed by atoms with van der Waals surface area (Å²) in [4.78, 5) is 37.7. The van der Waals surface area contributed by atoms with E-state index in [0.29, 0.717) is 12.8 Å². The van der Waals surface area contributed by atoms with Crippen LogP contribution in [0.5, 0.6) is 0 Å². The lowest BCUT2D eigenvalue weighted by Crippen LogP contribution is -2.63. The second-order valence-corrected chi connectivity index (χ2v) is 9.83. The van der Waals surface area contributed by atoms with Crippen molar-refractivity contribution in [3.63, 3.8) is 0 Å². The highest BCUT2D eigenvalue weighted by Crippen LogP contribution is 2.44. The van der Waals surface area contributed by atoms with Gasteiger partial charge in [-0.05, 0) is 48.9 Å². The molecule has 0 aromatic heterocycles. The second kappa shape index (κ2) is 9.49. The van der Waals surface area contributed by atoms with Crippen LogP contribution >= 0.6 is 0 Å². The Kier molecular flexibility index (Phi) is 6.64. The Balaban J connectivity index is 1.40. The van der Waals surface area contributed by atoms with Gasteiger partial charge in [-0.2, -0.15) is 0 Å². The molecule has 2 aromatic rings. The zero-order valence-corrected chi connectivity index (χ0v) is 19.7. The van der Waals surface area contributed by atoms with Crippen molar-refractivity contribution < 1.29 is 24.2 Å². The molecule has 180 valence electrons. The Labute approximate surface area is 199 Å². The lowest BCUT2D eigenvalue weighted by atomic mass is 9.88. The maximum atomic E-state index is 13.0. The molecule has 3 N–H and O–H groups in total. The number of carbonyl (C=O) groups is 3. The van der Waals surface area contributed by atoms with Crippen molar-refractivity contribution in [2.45, 2.75) is 69.4 Å². The van der Waals surface area contributed by atoms with Crippen LogP contribution in [0.4, 0.5) is 4.79 Å². The average molecular weight is 465 g/mol. The molecule has 1 saturated carbocycles. The topological polar surface area (TPSA) is 105 Å². The van der Waals surface area contributed by atoms with Gasteiger partial charge in [-0.25, -0.2) is 9.59 Å². The van der Waals surface area contributed by atoms with Gasteiger partial charge in [-0.1, -0.05) is 74.2 Å². The number of amides is 2. The molecule has 0 unspecified atom stereocenters. The Morgan fingerprint density at radius 3 is 2.00 bits per heavy atom. The van der Waals surface area contributed by atoms with E-state index in [1.54, 1.807) is 13.8 Å². The van der Waals surface area contributed by atoms with E-state index in [-0.39, 0.29) is 12.5 Å². The normalized spacial score (nSPS) is 17.1. The van der Waals surface area contributed by atoms with Crippen molar-refractivity contribution in [1.29, 1.82) is 0 Å². The summed E-state index contributed by atoms with van der Waals surface area (Å²) in [5.41, 5.74) is 1.84. The van der Waals surface area contributed by atoms with Crippen molar-refractivity contribution in [1.82, 2.24) is 10.6 Å². The molecule has 34 heavy (non-hydrogen) atoms. The minimum Gasteiger partial charge on any atom is -0.480 e. The number of hydrogen-bond acceptors (Lipinski definition) is 4. The maximum Gasteiger partial charge on any atom is 0.408 e. The van der Waals surface area contributed by atoms with E-state index in [1.807, 2.05) is 36.4 Å². The van der Waals surface area contributed by atoms with E-state index in [1.165, 1.54) is 0 Å². The Morgan fingerprint density at radius 2 is 1.47 bits per heavy atom. The molecule has 1 fully saturated rings. The number of benzene rings is 2. The fraction of sp³-hybridized carbons (Fsp3) is 0.444. The van der Waals surface area contributed by atoms with E-state index in [9.17, 15) is 19.5 Å². The molecule has 2 aliphatic carbocycles. The van der Waals surface area contributed by atoms with E-state index in [0.717, 1.165) is 47.9 Å². The zero-order valence-electron chi connectivity index (χ0n) is 19.7. The Hall–Kier alpha value is -3.35. The van der Waals surface area contributed by atoms with Crippen molar-refractivity contribution >= 4 is 18.0 Å². The summed E-state index contributed by atoms with van der Waals surface area (Å²) in [6, 6.07) is 16.1. The minimum absolute atomic E-state index is 0.0867. The fourth-order valence-electron chi connectivity index (χ4n) is 5.04. The van der Waals surface area contributed by atoms with Crippen LogP contribution in [-0.4, -0.2) is 40.8 Å². The van der Waals surface area contributed by atoms with Crippen LogP contribution in [0.3, 0.4) is 0 Å². The Morgan fingerprint density at radius 1 is 0.941 bits per heavy atom. The molecule has 0 heterocycles. The van der Waals surface area contributed by atoms with Gasteiger partial charge in [-0.15, -0.1) is 0 Å². The van der Waals surface area contributed by atoms with Crippen molar-refractivity contribution in [3.8, 4) is 11.1 Å². The predicted octanol–water partition coefficient (Wildman–Crippen LogP) is 4.60. The molecule has 7 nitrogen and oxygen atoms in total. The van der Waals surface area contributed by atoms with Gasteiger partial charge in [0.15, 0.2) is 0 Å². The largest absolute Gasteiger partial charge is 0.480 e. The van der Waals surface area contributed by atoms with E-state index in [4.69, 9.17) is 4.74 Å². The molecule has 2 aromatic carbocycles. The number of nitrogens with one attached hydrogen (secondary N) is 2. The number of hydrogen-bond donors (Lipinski definition) is 3. The van der Waals surface area contributed by atoms with Crippen LogP contribution in [0.1, 0.15) is 69.4 Å². The number of ether oxygens (including phenoxy) is 1. The quantitative estimate of drug-likeness (QED) is 0.542. The van der Waals surface area contributed by atoms with Crippen LogP contribution in [0.25, 0.3) is 11.1 Å². The maximum absolute atomic E-state index is 13.0. The van der Waals surface area contributed by atoms with Crippen molar-refractivity contribution in [2.75, 3.05) is 6.61 Å². The van der Waals surface area contributed by atoms with Gasteiger partial charge < -0.3 is 20.5 Å². The number of carboxylic acids is 1. The predicted molar refractivity (Wildman–Crippen MR) is 128 cm³/mol. The smallest absolute Gasteiger partial charge is 0.408 e. The summed E-state index contributed by atoms with van der Waals surface area (Å²) in [5, 5.41) is 15.2. The number of fused-ring (bicyclic) bond motifs is 3. The molecule has 0 aliphatic heterocycles. The van der Waals surface area contributed by atoms with Crippen LogP contribution in [-0.2, 0) is 14.3 Å². The molecule has 4 rings (SSSR count). The average Bonchev–Trinajstić information content (AvgIpc) is 2.93. The van der Waals surface area contributed by atoms with Gasteiger partial charge in [0.25, 0.3) is 0 Å². The van der Waals surface area contributed by atoms with Gasteiger partial charge in [0.1, 0.15) is 17.7 Å². The van der Waals surface area contributed by atoms with Crippen molar-refractivity contribution in [3.05, 3.63) is 59.7 Å². The number of carbonyl (C=O) groups excluding carboxylic acids is 2. The SMILES string of the molecule is CC(C)(NC(=O)OCC1c2ccccc2-c2ccccc21)C(=O)NC1(C(=O)O)CCCCCC1. The number of aliphatic carboxylic acids is 1. The highest BCUT2D eigenvalue weighted by atomic mass is 16.5. The van der Waals surface area contributed by atoms with E-state index >= 15 is 0 Å².